The van der Waals surface area contributed by atoms with Crippen molar-refractivity contribution in [2.75, 3.05) is 4.31 Å². The van der Waals surface area contributed by atoms with Gasteiger partial charge in [0.15, 0.2) is 5.82 Å². The third kappa shape index (κ3) is 6.18. The van der Waals surface area contributed by atoms with Crippen molar-refractivity contribution in [1.29, 1.82) is 0 Å². The lowest BCUT2D eigenvalue weighted by Gasteiger charge is -2.21. The van der Waals surface area contributed by atoms with Crippen LogP contribution in [0.2, 0.25) is 20.1 Å². The van der Waals surface area contributed by atoms with Gasteiger partial charge in [0.1, 0.15) is 5.69 Å². The molecule has 4 aromatic rings. The van der Waals surface area contributed by atoms with E-state index in [1.54, 1.807) is 0 Å². The van der Waals surface area contributed by atoms with Crippen LogP contribution in [0.4, 0.5) is 11.5 Å². The van der Waals surface area contributed by atoms with Crippen LogP contribution in [0.25, 0.3) is 0 Å². The van der Waals surface area contributed by atoms with Crippen LogP contribution in [0.1, 0.15) is 27.2 Å². The average molecular weight is 602 g/mol. The van der Waals surface area contributed by atoms with Crippen molar-refractivity contribution in [2.45, 2.75) is 13.0 Å². The highest BCUT2D eigenvalue weighted by Crippen LogP contribution is 2.35. The van der Waals surface area contributed by atoms with E-state index in [4.69, 9.17) is 46.4 Å². The van der Waals surface area contributed by atoms with E-state index >= 15 is 0 Å². The molecule has 13 heteroatoms. The zero-order chi connectivity index (χ0) is 25.8. The van der Waals surface area contributed by atoms with Gasteiger partial charge in [0.2, 0.25) is 0 Å². The highest BCUT2D eigenvalue weighted by atomic mass is 35.5. The Kier molecular flexibility index (Phi) is 8.84. The molecular formula is C23H16Cl4N4O3S2. The number of amides is 1. The second-order valence-electron chi connectivity index (χ2n) is 7.41. The lowest BCUT2D eigenvalue weighted by molar-refractivity contribution is 0.0951. The topological polar surface area (TPSA) is 95.4 Å². The lowest BCUT2D eigenvalue weighted by Crippen LogP contribution is -2.28. The third-order valence-corrected chi connectivity index (χ3v) is 7.42. The first kappa shape index (κ1) is 26.8. The summed E-state index contributed by atoms with van der Waals surface area (Å²) in [6, 6.07) is 16.9. The molecule has 0 saturated heterocycles. The van der Waals surface area contributed by atoms with E-state index in [9.17, 15) is 13.6 Å². The number of carbonyl (C=O) groups excluding carboxylic acids is 1. The first-order chi connectivity index (χ1) is 17.2. The van der Waals surface area contributed by atoms with E-state index in [-0.39, 0.29) is 28.6 Å². The van der Waals surface area contributed by atoms with Crippen molar-refractivity contribution in [3.63, 3.8) is 0 Å². The Balaban J connectivity index is 1.68. The van der Waals surface area contributed by atoms with E-state index in [0.29, 0.717) is 32.7 Å². The predicted octanol–water partition coefficient (Wildman–Crippen LogP) is 6.95. The molecule has 0 aliphatic carbocycles. The van der Waals surface area contributed by atoms with Crippen LogP contribution in [0.15, 0.2) is 60.7 Å². The molecule has 186 valence electrons. The van der Waals surface area contributed by atoms with Crippen LogP contribution in [0.3, 0.4) is 0 Å². The molecule has 1 unspecified atom stereocenters. The standard InChI is InChI=1S/C23H16Cl4N4O3S2/c24-14-6-7-16(23(32)28-12-17-18(26)9-15(25)10-19(17)27)21(11-14)31(36(33)34)22-20(29-35-30-22)8-13-4-2-1-3-5-13/h1-7,9-11H,8,12H2,(H,28,32)(H,33,34). The number of benzene rings is 3. The van der Waals surface area contributed by atoms with Gasteiger partial charge in [0, 0.05) is 38.6 Å². The van der Waals surface area contributed by atoms with E-state index in [1.165, 1.54) is 30.3 Å². The van der Waals surface area contributed by atoms with Gasteiger partial charge < -0.3 is 5.32 Å². The second-order valence-corrected chi connectivity index (χ2v) is 10.5. The van der Waals surface area contributed by atoms with Crippen LogP contribution in [-0.4, -0.2) is 23.4 Å². The third-order valence-electron chi connectivity index (χ3n) is 5.05. The molecule has 2 N–H and O–H groups in total. The summed E-state index contributed by atoms with van der Waals surface area (Å²) in [5, 5.41) is 3.94. The van der Waals surface area contributed by atoms with Crippen molar-refractivity contribution < 1.29 is 13.6 Å². The summed E-state index contributed by atoms with van der Waals surface area (Å²) >= 11 is 22.9. The summed E-state index contributed by atoms with van der Waals surface area (Å²) in [6.07, 6.45) is 0.371. The molecule has 7 nitrogen and oxygen atoms in total. The molecule has 1 heterocycles. The average Bonchev–Trinajstić information content (AvgIpc) is 3.26. The van der Waals surface area contributed by atoms with Gasteiger partial charge in [-0.3, -0.25) is 9.35 Å². The Morgan fingerprint density at radius 2 is 1.67 bits per heavy atom. The Morgan fingerprint density at radius 3 is 2.33 bits per heavy atom. The lowest BCUT2D eigenvalue weighted by atomic mass is 10.1. The minimum Gasteiger partial charge on any atom is -0.348 e. The van der Waals surface area contributed by atoms with Crippen molar-refractivity contribution in [3.8, 4) is 0 Å². The van der Waals surface area contributed by atoms with Crippen molar-refractivity contribution >= 4 is 86.8 Å². The zero-order valence-corrected chi connectivity index (χ0v) is 22.8. The Morgan fingerprint density at radius 1 is 0.972 bits per heavy atom. The minimum atomic E-state index is -2.59. The summed E-state index contributed by atoms with van der Waals surface area (Å²) in [6.45, 7) is -0.00450. The largest absolute Gasteiger partial charge is 0.348 e. The molecule has 0 fully saturated rings. The molecule has 0 aliphatic heterocycles. The number of aromatic nitrogens is 2. The molecule has 0 radical (unpaired) electrons. The maximum Gasteiger partial charge on any atom is 0.268 e. The summed E-state index contributed by atoms with van der Waals surface area (Å²) in [5.41, 5.74) is 2.05. The van der Waals surface area contributed by atoms with Crippen LogP contribution in [0, 0.1) is 0 Å². The van der Waals surface area contributed by atoms with Crippen LogP contribution < -0.4 is 9.62 Å². The van der Waals surface area contributed by atoms with E-state index in [1.807, 2.05) is 30.3 Å². The van der Waals surface area contributed by atoms with Crippen LogP contribution >= 0.6 is 58.1 Å². The van der Waals surface area contributed by atoms with E-state index < -0.39 is 17.2 Å². The van der Waals surface area contributed by atoms with Gasteiger partial charge in [-0.25, -0.2) is 8.51 Å². The highest BCUT2D eigenvalue weighted by molar-refractivity contribution is 7.81. The van der Waals surface area contributed by atoms with Crippen molar-refractivity contribution in [1.82, 2.24) is 14.1 Å². The minimum absolute atomic E-state index is 0.00450. The Hall–Kier alpha value is -2.24. The number of hydrogen-bond acceptors (Lipinski definition) is 5. The van der Waals surface area contributed by atoms with Crippen molar-refractivity contribution in [2.24, 2.45) is 0 Å². The predicted molar refractivity (Wildman–Crippen MR) is 146 cm³/mol. The van der Waals surface area contributed by atoms with Gasteiger partial charge in [-0.05, 0) is 35.9 Å². The first-order valence-electron chi connectivity index (χ1n) is 10.2. The SMILES string of the molecule is O=C(NCc1c(Cl)cc(Cl)cc1Cl)c1ccc(Cl)cc1N(c1nsnc1Cc1ccccc1)S(=O)O. The number of nitrogens with one attached hydrogen (secondary N) is 1. The monoisotopic (exact) mass is 600 g/mol. The molecule has 4 rings (SSSR count). The molecule has 1 aromatic heterocycles. The Bertz CT molecular complexity index is 1410. The van der Waals surface area contributed by atoms with Crippen molar-refractivity contribution in [3.05, 3.63) is 103 Å². The number of anilines is 2. The van der Waals surface area contributed by atoms with Gasteiger partial charge in [-0.1, -0.05) is 76.7 Å². The quantitative estimate of drug-likeness (QED) is 0.213. The molecule has 1 atom stereocenters. The van der Waals surface area contributed by atoms with Gasteiger partial charge in [0.05, 0.1) is 23.0 Å². The number of halogens is 4. The first-order valence-corrected chi connectivity index (χ1v) is 13.5. The summed E-state index contributed by atoms with van der Waals surface area (Å²) in [7, 11) is 0. The van der Waals surface area contributed by atoms with Gasteiger partial charge >= 0.3 is 0 Å². The molecule has 0 spiro atoms. The van der Waals surface area contributed by atoms with Gasteiger partial charge in [-0.2, -0.15) is 8.75 Å². The molecule has 0 bridgehead atoms. The molecule has 0 saturated carbocycles. The van der Waals surface area contributed by atoms with Crippen LogP contribution in [-0.2, 0) is 24.2 Å². The summed E-state index contributed by atoms with van der Waals surface area (Å²) in [5.74, 6) is -0.406. The molecule has 0 aliphatic rings. The summed E-state index contributed by atoms with van der Waals surface area (Å²) < 4.78 is 32.4. The highest BCUT2D eigenvalue weighted by Gasteiger charge is 2.27. The number of hydrogen-bond donors (Lipinski definition) is 2. The zero-order valence-electron chi connectivity index (χ0n) is 18.1. The molecular weight excluding hydrogens is 586 g/mol. The molecule has 1 amide bonds. The fourth-order valence-corrected chi connectivity index (χ4v) is 5.73. The fraction of sp³-hybridized carbons (Fsp3) is 0.0870. The smallest absolute Gasteiger partial charge is 0.268 e. The number of rotatable bonds is 8. The number of carbonyl (C=O) groups is 1. The second kappa shape index (κ2) is 11.9. The van der Waals surface area contributed by atoms with E-state index in [2.05, 4.69) is 14.1 Å². The Labute approximate surface area is 233 Å². The maximum absolute atomic E-state index is 13.2. The van der Waals surface area contributed by atoms with E-state index in [0.717, 1.165) is 21.6 Å². The number of nitrogens with zero attached hydrogens (tertiary/aromatic N) is 3. The molecule has 3 aromatic carbocycles. The molecule has 36 heavy (non-hydrogen) atoms. The maximum atomic E-state index is 13.2. The summed E-state index contributed by atoms with van der Waals surface area (Å²) in [4.78, 5) is 13.2. The van der Waals surface area contributed by atoms with Gasteiger partial charge in [-0.15, -0.1) is 0 Å². The van der Waals surface area contributed by atoms with Gasteiger partial charge in [0.25, 0.3) is 17.2 Å². The van der Waals surface area contributed by atoms with Crippen LogP contribution in [0.5, 0.6) is 0 Å². The normalized spacial score (nSPS) is 11.8. The fourth-order valence-electron chi connectivity index (χ4n) is 3.40.